The van der Waals surface area contributed by atoms with E-state index in [4.69, 9.17) is 10.5 Å². The van der Waals surface area contributed by atoms with E-state index in [2.05, 4.69) is 11.9 Å². The standard InChI is InChI=1S/C23H26N4O2/c1-15-6-9-22-25-17(12-26(22)10-15)14-29-21-5-3-2-4-18(21)23(28)27-11-16-7-8-20(24)19(16)13-27/h2-6,9-10,12,16,19-20H,7-8,11,13-14,24H2,1H3. The van der Waals surface area contributed by atoms with E-state index < -0.39 is 0 Å². The van der Waals surface area contributed by atoms with Crippen LogP contribution in [0.4, 0.5) is 0 Å². The summed E-state index contributed by atoms with van der Waals surface area (Å²) in [5.41, 5.74) is 9.74. The highest BCUT2D eigenvalue weighted by Crippen LogP contribution is 2.38. The number of ether oxygens (including phenoxy) is 1. The number of likely N-dealkylation sites (tertiary alicyclic amines) is 1. The number of pyridine rings is 1. The number of fused-ring (bicyclic) bond motifs is 2. The first kappa shape index (κ1) is 18.2. The predicted octanol–water partition coefficient (Wildman–Crippen LogP) is 3.03. The van der Waals surface area contributed by atoms with Gasteiger partial charge in [-0.2, -0.15) is 0 Å². The summed E-state index contributed by atoms with van der Waals surface area (Å²) in [7, 11) is 0. The predicted molar refractivity (Wildman–Crippen MR) is 111 cm³/mol. The van der Waals surface area contributed by atoms with Gasteiger partial charge in [-0.3, -0.25) is 4.79 Å². The monoisotopic (exact) mass is 390 g/mol. The third-order valence-electron chi connectivity index (χ3n) is 6.34. The van der Waals surface area contributed by atoms with Crippen molar-refractivity contribution in [3.8, 4) is 5.75 Å². The van der Waals surface area contributed by atoms with Crippen molar-refractivity contribution in [2.75, 3.05) is 13.1 Å². The molecule has 2 N–H and O–H groups in total. The topological polar surface area (TPSA) is 72.9 Å². The van der Waals surface area contributed by atoms with Crippen LogP contribution in [0.3, 0.4) is 0 Å². The molecule has 6 nitrogen and oxygen atoms in total. The maximum absolute atomic E-state index is 13.2. The number of amides is 1. The van der Waals surface area contributed by atoms with Crippen molar-refractivity contribution in [3.63, 3.8) is 0 Å². The molecule has 150 valence electrons. The zero-order chi connectivity index (χ0) is 20.0. The molecule has 3 heterocycles. The van der Waals surface area contributed by atoms with Gasteiger partial charge in [0.05, 0.1) is 11.3 Å². The minimum Gasteiger partial charge on any atom is -0.486 e. The van der Waals surface area contributed by atoms with Crippen molar-refractivity contribution < 1.29 is 9.53 Å². The highest BCUT2D eigenvalue weighted by atomic mass is 16.5. The normalized spacial score (nSPS) is 23.5. The summed E-state index contributed by atoms with van der Waals surface area (Å²) < 4.78 is 8.03. The number of carbonyl (C=O) groups is 1. The largest absolute Gasteiger partial charge is 0.486 e. The van der Waals surface area contributed by atoms with E-state index in [1.807, 2.05) is 58.1 Å². The van der Waals surface area contributed by atoms with Gasteiger partial charge in [0.2, 0.25) is 0 Å². The first-order valence-corrected chi connectivity index (χ1v) is 10.3. The zero-order valence-corrected chi connectivity index (χ0v) is 16.6. The minimum absolute atomic E-state index is 0.0350. The third kappa shape index (κ3) is 3.38. The van der Waals surface area contributed by atoms with E-state index in [1.54, 1.807) is 0 Å². The summed E-state index contributed by atoms with van der Waals surface area (Å²) >= 11 is 0. The van der Waals surface area contributed by atoms with Gasteiger partial charge in [0, 0.05) is 31.5 Å². The van der Waals surface area contributed by atoms with Gasteiger partial charge in [0.15, 0.2) is 0 Å². The molecule has 1 saturated heterocycles. The summed E-state index contributed by atoms with van der Waals surface area (Å²) in [6, 6.07) is 11.7. The quantitative estimate of drug-likeness (QED) is 0.743. The lowest BCUT2D eigenvalue weighted by Gasteiger charge is -2.20. The van der Waals surface area contributed by atoms with Crippen molar-refractivity contribution in [3.05, 3.63) is 65.6 Å². The number of nitrogens with two attached hydrogens (primary N) is 1. The molecule has 2 fully saturated rings. The van der Waals surface area contributed by atoms with Crippen molar-refractivity contribution >= 4 is 11.6 Å². The summed E-state index contributed by atoms with van der Waals surface area (Å²) in [5, 5.41) is 0. The Bertz CT molecular complexity index is 1060. The first-order chi connectivity index (χ1) is 14.1. The summed E-state index contributed by atoms with van der Waals surface area (Å²) in [6.45, 7) is 3.93. The fourth-order valence-electron chi connectivity index (χ4n) is 4.79. The van der Waals surface area contributed by atoms with Crippen LogP contribution >= 0.6 is 0 Å². The SMILES string of the molecule is Cc1ccc2nc(COc3ccccc3C(=O)N3CC4CCC(N)C4C3)cn2c1. The van der Waals surface area contributed by atoms with Gasteiger partial charge in [0.1, 0.15) is 18.0 Å². The second-order valence-electron chi connectivity index (χ2n) is 8.36. The van der Waals surface area contributed by atoms with Crippen LogP contribution in [0.25, 0.3) is 5.65 Å². The lowest BCUT2D eigenvalue weighted by Crippen LogP contribution is -2.33. The fraction of sp³-hybridized carbons (Fsp3) is 0.391. The number of nitrogens with zero attached hydrogens (tertiary/aromatic N) is 3. The van der Waals surface area contributed by atoms with E-state index in [1.165, 1.54) is 5.56 Å². The molecule has 5 rings (SSSR count). The average molecular weight is 390 g/mol. The van der Waals surface area contributed by atoms with Gasteiger partial charge in [-0.15, -0.1) is 0 Å². The molecule has 29 heavy (non-hydrogen) atoms. The van der Waals surface area contributed by atoms with Crippen LogP contribution in [0.5, 0.6) is 5.75 Å². The molecule has 1 aromatic carbocycles. The molecule has 1 aliphatic heterocycles. The summed E-state index contributed by atoms with van der Waals surface area (Å²) in [6.07, 6.45) is 6.21. The number of rotatable bonds is 4. The van der Waals surface area contributed by atoms with Crippen LogP contribution in [0.1, 0.15) is 34.5 Å². The highest BCUT2D eigenvalue weighted by molar-refractivity contribution is 5.97. The Morgan fingerprint density at radius 2 is 2.03 bits per heavy atom. The number of aryl methyl sites for hydroxylation is 1. The summed E-state index contributed by atoms with van der Waals surface area (Å²) in [5.74, 6) is 1.62. The minimum atomic E-state index is 0.0350. The molecule has 3 atom stereocenters. The van der Waals surface area contributed by atoms with E-state index in [0.29, 0.717) is 29.8 Å². The van der Waals surface area contributed by atoms with E-state index in [9.17, 15) is 4.79 Å². The van der Waals surface area contributed by atoms with Crippen LogP contribution in [-0.4, -0.2) is 39.3 Å². The van der Waals surface area contributed by atoms with Crippen LogP contribution in [0.15, 0.2) is 48.8 Å². The molecule has 1 aliphatic carbocycles. The molecule has 1 amide bonds. The molecule has 3 unspecified atom stereocenters. The van der Waals surface area contributed by atoms with Crippen molar-refractivity contribution in [2.45, 2.75) is 32.4 Å². The van der Waals surface area contributed by atoms with Gasteiger partial charge < -0.3 is 19.8 Å². The first-order valence-electron chi connectivity index (χ1n) is 10.3. The molecular formula is C23H26N4O2. The zero-order valence-electron chi connectivity index (χ0n) is 16.6. The number of carbonyl (C=O) groups excluding carboxylic acids is 1. The highest BCUT2D eigenvalue weighted by Gasteiger charge is 2.42. The van der Waals surface area contributed by atoms with Gasteiger partial charge in [0.25, 0.3) is 5.91 Å². The summed E-state index contributed by atoms with van der Waals surface area (Å²) in [4.78, 5) is 19.7. The van der Waals surface area contributed by atoms with Crippen LogP contribution < -0.4 is 10.5 Å². The molecule has 3 aromatic rings. The van der Waals surface area contributed by atoms with Gasteiger partial charge >= 0.3 is 0 Å². The smallest absolute Gasteiger partial charge is 0.257 e. The molecule has 0 spiro atoms. The van der Waals surface area contributed by atoms with Gasteiger partial charge in [-0.1, -0.05) is 18.2 Å². The Morgan fingerprint density at radius 3 is 2.90 bits per heavy atom. The lowest BCUT2D eigenvalue weighted by molar-refractivity contribution is 0.0774. The Balaban J connectivity index is 1.32. The number of benzene rings is 1. The fourth-order valence-corrected chi connectivity index (χ4v) is 4.79. The Hall–Kier alpha value is -2.86. The molecule has 1 saturated carbocycles. The molecular weight excluding hydrogens is 364 g/mol. The van der Waals surface area contributed by atoms with E-state index in [0.717, 1.165) is 37.3 Å². The van der Waals surface area contributed by atoms with E-state index >= 15 is 0 Å². The second-order valence-corrected chi connectivity index (χ2v) is 8.36. The molecule has 2 aromatic heterocycles. The van der Waals surface area contributed by atoms with Crippen LogP contribution in [0, 0.1) is 18.8 Å². The maximum atomic E-state index is 13.2. The Kier molecular flexibility index (Phi) is 4.51. The number of hydrogen-bond acceptors (Lipinski definition) is 4. The van der Waals surface area contributed by atoms with Crippen LogP contribution in [-0.2, 0) is 6.61 Å². The Labute approximate surface area is 170 Å². The van der Waals surface area contributed by atoms with Crippen molar-refractivity contribution in [2.24, 2.45) is 17.6 Å². The van der Waals surface area contributed by atoms with Gasteiger partial charge in [-0.05, 0) is 55.4 Å². The lowest BCUT2D eigenvalue weighted by atomic mass is 9.98. The maximum Gasteiger partial charge on any atom is 0.257 e. The van der Waals surface area contributed by atoms with Gasteiger partial charge in [-0.25, -0.2) is 4.98 Å². The second kappa shape index (κ2) is 7.19. The van der Waals surface area contributed by atoms with E-state index in [-0.39, 0.29) is 11.9 Å². The molecule has 2 aliphatic rings. The number of hydrogen-bond donors (Lipinski definition) is 1. The van der Waals surface area contributed by atoms with Crippen molar-refractivity contribution in [1.82, 2.24) is 14.3 Å². The van der Waals surface area contributed by atoms with Crippen LogP contribution in [0.2, 0.25) is 0 Å². The van der Waals surface area contributed by atoms with Crippen molar-refractivity contribution in [1.29, 1.82) is 0 Å². The molecule has 0 bridgehead atoms. The number of aromatic nitrogens is 2. The number of para-hydroxylation sites is 1. The molecule has 0 radical (unpaired) electrons. The number of imidazole rings is 1. The third-order valence-corrected chi connectivity index (χ3v) is 6.34. The Morgan fingerprint density at radius 1 is 1.17 bits per heavy atom. The average Bonchev–Trinajstić information content (AvgIpc) is 3.41. The molecule has 6 heteroatoms.